The average Bonchev–Trinajstić information content (AvgIpc) is 2.66. The lowest BCUT2D eigenvalue weighted by atomic mass is 10.3. The molecule has 0 bridgehead atoms. The zero-order chi connectivity index (χ0) is 13.6. The van der Waals surface area contributed by atoms with Crippen LogP contribution in [0.5, 0.6) is 0 Å². The van der Waals surface area contributed by atoms with Crippen molar-refractivity contribution in [3.63, 3.8) is 0 Å². The topological polar surface area (TPSA) is 30.7 Å². The summed E-state index contributed by atoms with van der Waals surface area (Å²) in [6, 6.07) is -2.28. The lowest BCUT2D eigenvalue weighted by molar-refractivity contribution is 0.802. The Balaban J connectivity index is 2.84. The summed E-state index contributed by atoms with van der Waals surface area (Å²) in [6.07, 6.45) is -0.187. The Labute approximate surface area is 86.6 Å². The van der Waals surface area contributed by atoms with Gasteiger partial charge in [-0.1, -0.05) is 23.3 Å². The van der Waals surface area contributed by atoms with E-state index in [0.29, 0.717) is 0 Å². The van der Waals surface area contributed by atoms with Gasteiger partial charge in [0.1, 0.15) is 4.60 Å². The van der Waals surface area contributed by atoms with E-state index in [-0.39, 0.29) is 16.5 Å². The highest BCUT2D eigenvalue weighted by Gasteiger charge is 1.97. The van der Waals surface area contributed by atoms with Crippen molar-refractivity contribution in [1.29, 1.82) is 0 Å². The predicted molar refractivity (Wildman–Crippen MR) is 49.1 cm³/mol. The third-order valence-corrected chi connectivity index (χ3v) is 1.45. The van der Waals surface area contributed by atoms with Crippen molar-refractivity contribution in [3.05, 3.63) is 41.0 Å². The molecule has 12 heavy (non-hydrogen) atoms. The van der Waals surface area contributed by atoms with Crippen molar-refractivity contribution < 1.29 is 8.22 Å². The molecule has 1 heterocycles. The monoisotopic (exact) mass is 229 g/mol. The fourth-order valence-corrected chi connectivity index (χ4v) is 0.905. The maximum absolute atomic E-state index is 7.72. The van der Waals surface area contributed by atoms with Crippen LogP contribution in [0.1, 0.15) is 8.22 Å². The first kappa shape index (κ1) is 3.30. The van der Waals surface area contributed by atoms with Gasteiger partial charge >= 0.3 is 0 Å². The van der Waals surface area contributed by atoms with E-state index < -0.39 is 30.2 Å². The molecule has 0 radical (unpaired) electrons. The summed E-state index contributed by atoms with van der Waals surface area (Å²) in [5.41, 5.74) is -0.191. The van der Waals surface area contributed by atoms with Gasteiger partial charge in [0.25, 0.3) is 0 Å². The zero-order valence-electron chi connectivity index (χ0n) is 11.7. The van der Waals surface area contributed by atoms with E-state index in [4.69, 9.17) is 8.22 Å². The Kier molecular flexibility index (Phi) is 0.842. The molecule has 0 spiro atoms. The maximum Gasteiger partial charge on any atom is 0.148 e. The highest BCUT2D eigenvalue weighted by molar-refractivity contribution is 9.10. The first-order valence-corrected chi connectivity index (χ1v) is 3.80. The number of hydrogen-bond donors (Lipinski definition) is 0. The molecule has 0 saturated heterocycles. The van der Waals surface area contributed by atoms with Gasteiger partial charge in [-0.3, -0.25) is 0 Å². The van der Waals surface area contributed by atoms with Crippen LogP contribution in [0.3, 0.4) is 0 Å². The SMILES string of the molecule is [2H]c1c([2H])c([2H])c(-n2nnc(Br)c2[2H])c([2H])c1[2H]. The second-order valence-corrected chi connectivity index (χ2v) is 2.63. The standard InChI is InChI=1S/C8H6BrN3/c9-8-6-12(11-10-8)7-4-2-1-3-5-7/h1-6H/i1D,2D,3D,4D,5D,6D. The molecule has 0 N–H and O–H groups in total. The van der Waals surface area contributed by atoms with E-state index in [1.807, 2.05) is 0 Å². The summed E-state index contributed by atoms with van der Waals surface area (Å²) < 4.78 is 46.6. The molecule has 0 aliphatic carbocycles. The Hall–Kier alpha value is -1.16. The lowest BCUT2D eigenvalue weighted by Crippen LogP contribution is -1.93. The minimum atomic E-state index is -0.487. The number of para-hydroxylation sites is 1. The first-order valence-electron chi connectivity index (χ1n) is 6.01. The summed E-state index contributed by atoms with van der Waals surface area (Å²) in [5.74, 6) is 0. The average molecular weight is 230 g/mol. The first-order chi connectivity index (χ1) is 8.36. The fraction of sp³-hybridized carbons (Fsp3) is 0. The van der Waals surface area contributed by atoms with Gasteiger partial charge in [0.2, 0.25) is 0 Å². The molecule has 0 aliphatic heterocycles. The molecule has 60 valence electrons. The number of hydrogen-bond acceptors (Lipinski definition) is 2. The van der Waals surface area contributed by atoms with Crippen LogP contribution in [0.4, 0.5) is 0 Å². The molecule has 2 rings (SSSR count). The minimum absolute atomic E-state index is 0.134. The number of aromatic nitrogens is 3. The minimum Gasteiger partial charge on any atom is -0.220 e. The number of halogens is 1. The van der Waals surface area contributed by atoms with Crippen molar-refractivity contribution in [2.45, 2.75) is 0 Å². The Bertz CT molecular complexity index is 611. The van der Waals surface area contributed by atoms with Gasteiger partial charge in [0, 0.05) is 0 Å². The summed E-state index contributed by atoms with van der Waals surface area (Å²) in [6.45, 7) is 0. The molecule has 4 heteroatoms. The number of nitrogens with zero attached hydrogens (tertiary/aromatic N) is 3. The summed E-state index contributed by atoms with van der Waals surface area (Å²) in [5, 5.41) is 7.15. The molecule has 0 unspecified atom stereocenters. The van der Waals surface area contributed by atoms with Crippen molar-refractivity contribution in [2.24, 2.45) is 0 Å². The van der Waals surface area contributed by atoms with E-state index in [9.17, 15) is 0 Å². The van der Waals surface area contributed by atoms with Crippen LogP contribution in [-0.4, -0.2) is 15.0 Å². The van der Waals surface area contributed by atoms with Crippen LogP contribution < -0.4 is 0 Å². The Morgan fingerprint density at radius 2 is 2.08 bits per heavy atom. The molecule has 1 aromatic carbocycles. The molecular weight excluding hydrogens is 218 g/mol. The predicted octanol–water partition coefficient (Wildman–Crippen LogP) is 2.03. The van der Waals surface area contributed by atoms with Crippen LogP contribution in [-0.2, 0) is 0 Å². The largest absolute Gasteiger partial charge is 0.220 e. The molecule has 2 aromatic rings. The number of rotatable bonds is 1. The van der Waals surface area contributed by atoms with E-state index >= 15 is 0 Å². The normalized spacial score (nSPS) is 17.1. The molecule has 0 saturated carbocycles. The van der Waals surface area contributed by atoms with Crippen molar-refractivity contribution >= 4 is 15.9 Å². The molecule has 1 aromatic heterocycles. The molecule has 0 fully saturated rings. The molecule has 0 aliphatic rings. The second-order valence-electron chi connectivity index (χ2n) is 1.88. The van der Waals surface area contributed by atoms with Crippen LogP contribution in [0.25, 0.3) is 5.69 Å². The Morgan fingerprint density at radius 3 is 2.67 bits per heavy atom. The summed E-state index contributed by atoms with van der Waals surface area (Å²) in [7, 11) is 0. The van der Waals surface area contributed by atoms with Crippen LogP contribution in [0.15, 0.2) is 41.0 Å². The smallest absolute Gasteiger partial charge is 0.148 e. The van der Waals surface area contributed by atoms with Gasteiger partial charge in [-0.15, -0.1) is 5.10 Å². The van der Waals surface area contributed by atoms with Crippen LogP contribution in [0, 0.1) is 0 Å². The van der Waals surface area contributed by atoms with E-state index in [1.54, 1.807) is 0 Å². The van der Waals surface area contributed by atoms with Gasteiger partial charge < -0.3 is 0 Å². The molecule has 0 atom stereocenters. The highest BCUT2D eigenvalue weighted by Crippen LogP contribution is 2.08. The fourth-order valence-electron chi connectivity index (χ4n) is 0.666. The highest BCUT2D eigenvalue weighted by atomic mass is 79.9. The Morgan fingerprint density at radius 1 is 1.33 bits per heavy atom. The van der Waals surface area contributed by atoms with Gasteiger partial charge in [0.15, 0.2) is 0 Å². The summed E-state index contributed by atoms with van der Waals surface area (Å²) in [4.78, 5) is 0. The van der Waals surface area contributed by atoms with Crippen molar-refractivity contribution in [3.8, 4) is 5.69 Å². The van der Waals surface area contributed by atoms with Gasteiger partial charge in [0.05, 0.1) is 20.1 Å². The quantitative estimate of drug-likeness (QED) is 0.750. The van der Waals surface area contributed by atoms with Crippen molar-refractivity contribution in [1.82, 2.24) is 15.0 Å². The molecular formula is C8H6BrN3. The van der Waals surface area contributed by atoms with E-state index in [2.05, 4.69) is 26.2 Å². The van der Waals surface area contributed by atoms with Gasteiger partial charge in [-0.25, -0.2) is 4.68 Å². The molecule has 3 nitrogen and oxygen atoms in total. The second kappa shape index (κ2) is 3.06. The van der Waals surface area contributed by atoms with E-state index in [0.717, 1.165) is 4.68 Å². The summed E-state index contributed by atoms with van der Waals surface area (Å²) >= 11 is 2.98. The third-order valence-electron chi connectivity index (χ3n) is 1.12. The van der Waals surface area contributed by atoms with Crippen LogP contribution >= 0.6 is 15.9 Å². The number of benzene rings is 1. The van der Waals surface area contributed by atoms with E-state index in [1.165, 1.54) is 0 Å². The van der Waals surface area contributed by atoms with Crippen molar-refractivity contribution in [2.75, 3.05) is 0 Å². The molecule has 0 amide bonds. The van der Waals surface area contributed by atoms with Crippen LogP contribution in [0.2, 0.25) is 0 Å². The zero-order valence-corrected chi connectivity index (χ0v) is 7.31. The maximum atomic E-state index is 7.72. The third kappa shape index (κ3) is 1.38. The van der Waals surface area contributed by atoms with Gasteiger partial charge in [-0.2, -0.15) is 0 Å². The van der Waals surface area contributed by atoms with Gasteiger partial charge in [-0.05, 0) is 28.0 Å². The lowest BCUT2D eigenvalue weighted by Gasteiger charge is -1.96.